The summed E-state index contributed by atoms with van der Waals surface area (Å²) < 4.78 is 2.40. The fourth-order valence-corrected chi connectivity index (χ4v) is 2.75. The molecule has 0 saturated heterocycles. The highest BCUT2D eigenvalue weighted by Gasteiger charge is 2.16. The molecule has 0 aliphatic rings. The van der Waals surface area contributed by atoms with E-state index in [4.69, 9.17) is 11.6 Å². The van der Waals surface area contributed by atoms with Crippen LogP contribution >= 0.6 is 11.6 Å². The van der Waals surface area contributed by atoms with Crippen molar-refractivity contribution < 1.29 is 0 Å². The maximum atomic E-state index is 6.14. The van der Waals surface area contributed by atoms with Crippen molar-refractivity contribution in [3.63, 3.8) is 0 Å². The van der Waals surface area contributed by atoms with Gasteiger partial charge >= 0.3 is 0 Å². The highest BCUT2D eigenvalue weighted by atomic mass is 35.5. The zero-order valence-electron chi connectivity index (χ0n) is 11.8. The van der Waals surface area contributed by atoms with Crippen molar-refractivity contribution in [2.45, 2.75) is 33.4 Å². The fraction of sp³-hybridized carbons (Fsp3) is 0.467. The summed E-state index contributed by atoms with van der Waals surface area (Å²) in [6, 6.07) is 6.62. The Labute approximate surface area is 114 Å². The van der Waals surface area contributed by atoms with E-state index in [1.807, 2.05) is 6.07 Å². The summed E-state index contributed by atoms with van der Waals surface area (Å²) in [6.45, 7) is 7.60. The van der Waals surface area contributed by atoms with Crippen LogP contribution in [0.3, 0.4) is 0 Å². The van der Waals surface area contributed by atoms with Gasteiger partial charge in [0.25, 0.3) is 0 Å². The van der Waals surface area contributed by atoms with Gasteiger partial charge in [0.1, 0.15) is 0 Å². The van der Waals surface area contributed by atoms with Crippen LogP contribution in [-0.4, -0.2) is 23.6 Å². The van der Waals surface area contributed by atoms with E-state index in [2.05, 4.69) is 56.5 Å². The van der Waals surface area contributed by atoms with E-state index in [0.717, 1.165) is 11.6 Å². The molecule has 2 rings (SSSR count). The van der Waals surface area contributed by atoms with Crippen LogP contribution in [-0.2, 0) is 6.54 Å². The van der Waals surface area contributed by atoms with Gasteiger partial charge in [0.05, 0.1) is 5.52 Å². The molecular weight excluding hydrogens is 244 g/mol. The summed E-state index contributed by atoms with van der Waals surface area (Å²) in [4.78, 5) is 2.21. The Bertz CT molecular complexity index is 567. The van der Waals surface area contributed by atoms with Crippen LogP contribution in [0.1, 0.15) is 31.1 Å². The second-order valence-electron chi connectivity index (χ2n) is 5.43. The summed E-state index contributed by atoms with van der Waals surface area (Å²) in [7, 11) is 4.21. The molecule has 1 aromatic carbocycles. The Hall–Kier alpha value is -0.990. The van der Waals surface area contributed by atoms with Gasteiger partial charge < -0.3 is 9.47 Å². The number of fused-ring (bicyclic) bond motifs is 1. The van der Waals surface area contributed by atoms with E-state index < -0.39 is 0 Å². The number of rotatable bonds is 3. The molecule has 0 aliphatic heterocycles. The van der Waals surface area contributed by atoms with Crippen LogP contribution in [0, 0.1) is 6.92 Å². The number of hydrogen-bond donors (Lipinski definition) is 0. The van der Waals surface area contributed by atoms with E-state index in [1.165, 1.54) is 22.2 Å². The predicted molar refractivity (Wildman–Crippen MR) is 79.5 cm³/mol. The normalized spacial score (nSPS) is 12.0. The molecule has 0 unspecified atom stereocenters. The van der Waals surface area contributed by atoms with Crippen molar-refractivity contribution in [3.8, 4) is 0 Å². The molecule has 0 aliphatic carbocycles. The molecule has 1 aromatic heterocycles. The van der Waals surface area contributed by atoms with Crippen molar-refractivity contribution in [1.29, 1.82) is 0 Å². The monoisotopic (exact) mass is 264 g/mol. The Morgan fingerprint density at radius 2 is 1.94 bits per heavy atom. The molecule has 18 heavy (non-hydrogen) atoms. The highest BCUT2D eigenvalue weighted by Crippen LogP contribution is 2.31. The summed E-state index contributed by atoms with van der Waals surface area (Å²) in [6.07, 6.45) is 0. The largest absolute Gasteiger partial charge is 0.340 e. The van der Waals surface area contributed by atoms with E-state index >= 15 is 0 Å². The third kappa shape index (κ3) is 2.27. The second kappa shape index (κ2) is 4.94. The SMILES string of the molecule is Cc1c(CN(C)C)n(C(C)C)c2cc(Cl)ccc12. The highest BCUT2D eigenvalue weighted by molar-refractivity contribution is 6.31. The topological polar surface area (TPSA) is 8.17 Å². The maximum Gasteiger partial charge on any atom is 0.0503 e. The third-order valence-corrected chi connectivity index (χ3v) is 3.56. The quantitative estimate of drug-likeness (QED) is 0.805. The van der Waals surface area contributed by atoms with Crippen LogP contribution in [0.2, 0.25) is 5.02 Å². The molecule has 0 fully saturated rings. The lowest BCUT2D eigenvalue weighted by Crippen LogP contribution is -2.16. The van der Waals surface area contributed by atoms with Crippen LogP contribution in [0.15, 0.2) is 18.2 Å². The fourth-order valence-electron chi connectivity index (χ4n) is 2.59. The Morgan fingerprint density at radius 1 is 1.28 bits per heavy atom. The van der Waals surface area contributed by atoms with E-state index in [1.54, 1.807) is 0 Å². The Balaban J connectivity index is 2.75. The van der Waals surface area contributed by atoms with Gasteiger partial charge in [-0.05, 0) is 52.6 Å². The van der Waals surface area contributed by atoms with Crippen molar-refractivity contribution in [2.24, 2.45) is 0 Å². The lowest BCUT2D eigenvalue weighted by molar-refractivity contribution is 0.382. The van der Waals surface area contributed by atoms with Crippen molar-refractivity contribution in [1.82, 2.24) is 9.47 Å². The zero-order chi connectivity index (χ0) is 13.4. The molecule has 0 bridgehead atoms. The lowest BCUT2D eigenvalue weighted by atomic mass is 10.1. The third-order valence-electron chi connectivity index (χ3n) is 3.33. The zero-order valence-corrected chi connectivity index (χ0v) is 12.5. The minimum Gasteiger partial charge on any atom is -0.340 e. The number of halogens is 1. The average molecular weight is 265 g/mol. The van der Waals surface area contributed by atoms with Crippen molar-refractivity contribution >= 4 is 22.5 Å². The molecule has 0 amide bonds. The number of aryl methyl sites for hydroxylation is 1. The summed E-state index contributed by atoms with van der Waals surface area (Å²) in [5.74, 6) is 0. The molecule has 3 heteroatoms. The number of benzene rings is 1. The smallest absolute Gasteiger partial charge is 0.0503 e. The van der Waals surface area contributed by atoms with Crippen LogP contribution in [0.5, 0.6) is 0 Å². The van der Waals surface area contributed by atoms with Gasteiger partial charge in [0.15, 0.2) is 0 Å². The summed E-state index contributed by atoms with van der Waals surface area (Å²) >= 11 is 6.14. The molecule has 0 spiro atoms. The molecule has 0 radical (unpaired) electrons. The molecule has 2 nitrogen and oxygen atoms in total. The van der Waals surface area contributed by atoms with Gasteiger partial charge in [0.2, 0.25) is 0 Å². The van der Waals surface area contributed by atoms with Crippen molar-refractivity contribution in [3.05, 3.63) is 34.5 Å². The van der Waals surface area contributed by atoms with Crippen LogP contribution in [0.4, 0.5) is 0 Å². The first kappa shape index (κ1) is 13.4. The van der Waals surface area contributed by atoms with Crippen molar-refractivity contribution in [2.75, 3.05) is 14.1 Å². The molecule has 98 valence electrons. The summed E-state index contributed by atoms with van der Waals surface area (Å²) in [5, 5.41) is 2.11. The van der Waals surface area contributed by atoms with Gasteiger partial charge in [-0.1, -0.05) is 17.7 Å². The molecule has 2 aromatic rings. The molecule has 0 atom stereocenters. The van der Waals surface area contributed by atoms with Gasteiger partial charge in [0, 0.05) is 28.7 Å². The average Bonchev–Trinajstić information content (AvgIpc) is 2.51. The molecule has 1 heterocycles. The molecule has 0 saturated carbocycles. The number of hydrogen-bond acceptors (Lipinski definition) is 1. The Kier molecular flexibility index (Phi) is 3.69. The maximum absolute atomic E-state index is 6.14. The lowest BCUT2D eigenvalue weighted by Gasteiger charge is -2.18. The Morgan fingerprint density at radius 3 is 2.50 bits per heavy atom. The molecular formula is C15H21ClN2. The van der Waals surface area contributed by atoms with Gasteiger partial charge in [-0.3, -0.25) is 0 Å². The minimum atomic E-state index is 0.439. The first-order chi connectivity index (χ1) is 8.41. The van der Waals surface area contributed by atoms with E-state index in [-0.39, 0.29) is 0 Å². The number of nitrogens with zero attached hydrogens (tertiary/aromatic N) is 2. The standard InChI is InChI=1S/C15H21ClN2/c1-10(2)18-14-8-12(16)6-7-13(14)11(3)15(18)9-17(4)5/h6-8,10H,9H2,1-5H3. The minimum absolute atomic E-state index is 0.439. The molecule has 0 N–H and O–H groups in total. The second-order valence-corrected chi connectivity index (χ2v) is 5.87. The number of aromatic nitrogens is 1. The van der Waals surface area contributed by atoms with E-state index in [0.29, 0.717) is 6.04 Å². The van der Waals surface area contributed by atoms with Crippen LogP contribution < -0.4 is 0 Å². The van der Waals surface area contributed by atoms with Crippen LogP contribution in [0.25, 0.3) is 10.9 Å². The summed E-state index contributed by atoms with van der Waals surface area (Å²) in [5.41, 5.74) is 3.99. The van der Waals surface area contributed by atoms with Gasteiger partial charge in [-0.25, -0.2) is 0 Å². The first-order valence-electron chi connectivity index (χ1n) is 6.35. The van der Waals surface area contributed by atoms with E-state index in [9.17, 15) is 0 Å². The predicted octanol–water partition coefficient (Wildman–Crippen LogP) is 4.25. The first-order valence-corrected chi connectivity index (χ1v) is 6.73. The van der Waals surface area contributed by atoms with Gasteiger partial charge in [-0.2, -0.15) is 0 Å². The van der Waals surface area contributed by atoms with Gasteiger partial charge in [-0.15, -0.1) is 0 Å².